The van der Waals surface area contributed by atoms with Gasteiger partial charge in [-0.1, -0.05) is 73.3 Å². The van der Waals surface area contributed by atoms with Gasteiger partial charge < -0.3 is 19.3 Å². The number of hydrogen-bond acceptors (Lipinski definition) is 9. The van der Waals surface area contributed by atoms with Crippen molar-refractivity contribution < 1.29 is 46.9 Å². The molecule has 3 aromatic rings. The topological polar surface area (TPSA) is 154 Å². The summed E-state index contributed by atoms with van der Waals surface area (Å²) < 4.78 is 44.8. The van der Waals surface area contributed by atoms with E-state index in [0.717, 1.165) is 6.07 Å². The monoisotopic (exact) mass is 563 g/mol. The van der Waals surface area contributed by atoms with Crippen molar-refractivity contribution in [2.75, 3.05) is 6.61 Å². The van der Waals surface area contributed by atoms with Crippen LogP contribution in [0.3, 0.4) is 0 Å². The molecule has 2 aliphatic heterocycles. The Morgan fingerprint density at radius 1 is 0.975 bits per heavy atom. The van der Waals surface area contributed by atoms with Crippen LogP contribution in [0.1, 0.15) is 27.9 Å². The van der Waals surface area contributed by atoms with Crippen molar-refractivity contribution in [3.63, 3.8) is 0 Å². The van der Waals surface area contributed by atoms with Crippen LogP contribution in [0.5, 0.6) is 11.5 Å². The fourth-order valence-corrected chi connectivity index (χ4v) is 6.24. The normalized spacial score (nSPS) is 16.6. The van der Waals surface area contributed by atoms with Gasteiger partial charge in [0.1, 0.15) is 11.5 Å². The summed E-state index contributed by atoms with van der Waals surface area (Å²) in [4.78, 5) is 48.8. The molecule has 0 saturated heterocycles. The molecule has 0 fully saturated rings. The summed E-state index contributed by atoms with van der Waals surface area (Å²) >= 11 is 0. The Morgan fingerprint density at radius 2 is 1.52 bits per heavy atom. The number of carboxylic acids is 1. The molecule has 11 nitrogen and oxygen atoms in total. The Kier molecular flexibility index (Phi) is 6.64. The molecule has 3 aromatic carbocycles. The highest BCUT2D eigenvalue weighted by Crippen LogP contribution is 2.50. The number of hydrogen-bond donors (Lipinski definition) is 1. The lowest BCUT2D eigenvalue weighted by molar-refractivity contribution is -0.152. The van der Waals surface area contributed by atoms with Crippen molar-refractivity contribution in [1.29, 1.82) is 0 Å². The molecule has 0 bridgehead atoms. The van der Waals surface area contributed by atoms with Gasteiger partial charge in [-0.15, -0.1) is 0 Å². The van der Waals surface area contributed by atoms with E-state index in [1.807, 2.05) is 12.1 Å². The number of ether oxygens (including phenoxy) is 3. The minimum Gasteiger partial charge on any atom is -0.475 e. The quantitative estimate of drug-likeness (QED) is 0.233. The van der Waals surface area contributed by atoms with Gasteiger partial charge in [-0.25, -0.2) is 22.3 Å². The molecule has 1 atom stereocenters. The summed E-state index contributed by atoms with van der Waals surface area (Å²) in [7, 11) is -4.75. The largest absolute Gasteiger partial charge is 0.475 e. The van der Waals surface area contributed by atoms with Crippen molar-refractivity contribution in [3.8, 4) is 11.5 Å². The Balaban J connectivity index is 1.57. The number of sulfonamides is 1. The second-order valence-electron chi connectivity index (χ2n) is 8.82. The lowest BCUT2D eigenvalue weighted by Gasteiger charge is -2.28. The van der Waals surface area contributed by atoms with Crippen LogP contribution in [0.4, 0.5) is 0 Å². The number of ketones is 1. The van der Waals surface area contributed by atoms with E-state index >= 15 is 0 Å². The first-order chi connectivity index (χ1) is 19.1. The number of fused-ring (bicyclic) bond motifs is 2. The Bertz CT molecular complexity index is 1610. The second-order valence-corrected chi connectivity index (χ2v) is 10.6. The summed E-state index contributed by atoms with van der Waals surface area (Å²) in [5, 5.41) is 9.05. The number of nitrogens with zero attached hydrogens (tertiary/aromatic N) is 1. The number of carbonyl (C=O) groups excluding carboxylic acids is 3. The van der Waals surface area contributed by atoms with Gasteiger partial charge in [0.2, 0.25) is 5.78 Å². The van der Waals surface area contributed by atoms with Crippen molar-refractivity contribution in [1.82, 2.24) is 4.31 Å². The maximum absolute atomic E-state index is 13.6. The minimum atomic E-state index is -4.75. The minimum absolute atomic E-state index is 0.0112. The third kappa shape index (κ3) is 4.28. The van der Waals surface area contributed by atoms with Crippen LogP contribution in [-0.2, 0) is 34.9 Å². The number of amides is 1. The highest BCUT2D eigenvalue weighted by Gasteiger charge is 2.52. The van der Waals surface area contributed by atoms with Gasteiger partial charge in [0, 0.05) is 17.2 Å². The van der Waals surface area contributed by atoms with E-state index < -0.39 is 56.8 Å². The third-order valence-corrected chi connectivity index (χ3v) is 8.18. The van der Waals surface area contributed by atoms with E-state index in [0.29, 0.717) is 11.1 Å². The number of esters is 1. The molecule has 12 heteroatoms. The lowest BCUT2D eigenvalue weighted by atomic mass is 9.97. The summed E-state index contributed by atoms with van der Waals surface area (Å²) in [5.41, 5.74) is 0.861. The van der Waals surface area contributed by atoms with E-state index in [4.69, 9.17) is 19.3 Å². The average Bonchev–Trinajstić information content (AvgIpc) is 3.43. The van der Waals surface area contributed by atoms with Gasteiger partial charge in [0.05, 0.1) is 12.0 Å². The second kappa shape index (κ2) is 9.97. The molecule has 0 saturated carbocycles. The molecule has 0 aromatic heterocycles. The molecular weight excluding hydrogens is 542 g/mol. The van der Waals surface area contributed by atoms with Crippen LogP contribution in [0.15, 0.2) is 90.3 Å². The van der Waals surface area contributed by atoms with Crippen molar-refractivity contribution in [3.05, 3.63) is 102 Å². The molecule has 204 valence electrons. The van der Waals surface area contributed by atoms with E-state index in [2.05, 4.69) is 6.58 Å². The van der Waals surface area contributed by atoms with Gasteiger partial charge in [0.15, 0.2) is 17.5 Å². The van der Waals surface area contributed by atoms with Gasteiger partial charge >= 0.3 is 17.7 Å². The van der Waals surface area contributed by atoms with Crippen molar-refractivity contribution >= 4 is 33.7 Å². The molecule has 0 radical (unpaired) electrons. The van der Waals surface area contributed by atoms with Crippen molar-refractivity contribution in [2.24, 2.45) is 0 Å². The summed E-state index contributed by atoms with van der Waals surface area (Å²) in [6, 6.07) is 18.1. The zero-order valence-corrected chi connectivity index (χ0v) is 21.5. The van der Waals surface area contributed by atoms with Gasteiger partial charge in [0.25, 0.3) is 15.9 Å². The smallest absolute Gasteiger partial charge is 0.372 e. The van der Waals surface area contributed by atoms with Gasteiger partial charge in [-0.2, -0.15) is 0 Å². The lowest BCUT2D eigenvalue weighted by Crippen LogP contribution is -2.47. The summed E-state index contributed by atoms with van der Waals surface area (Å²) in [5.74, 6) is -7.24. The Hall–Kier alpha value is -4.97. The Morgan fingerprint density at radius 3 is 2.05 bits per heavy atom. The molecule has 0 aliphatic carbocycles. The van der Waals surface area contributed by atoms with E-state index in [-0.39, 0.29) is 28.0 Å². The van der Waals surface area contributed by atoms with Crippen molar-refractivity contribution in [2.45, 2.75) is 23.1 Å². The van der Waals surface area contributed by atoms with Crippen LogP contribution in [0.2, 0.25) is 0 Å². The van der Waals surface area contributed by atoms with E-state index in [1.165, 1.54) is 12.1 Å². The maximum atomic E-state index is 13.6. The highest BCUT2D eigenvalue weighted by molar-refractivity contribution is 7.90. The predicted molar refractivity (Wildman–Crippen MR) is 137 cm³/mol. The van der Waals surface area contributed by atoms with Crippen LogP contribution >= 0.6 is 0 Å². The molecule has 40 heavy (non-hydrogen) atoms. The Labute approximate surface area is 228 Å². The first-order valence-electron chi connectivity index (χ1n) is 11.9. The standard InChI is InChI=1S/C28H21NO10S/c1-2-13-37-27(34)20(15-21(30)26(32)33)29-25(31)19-14-22-23(16-24(19)40(29,35)36)39-28(38-22,17-9-5-3-6-10-17)18-11-7-4-8-12-18/h2-12,14,16,20H,1,13,15H2,(H,32,33)/t20-/m0/s1. The first kappa shape index (κ1) is 26.6. The molecule has 1 amide bonds. The number of aliphatic carboxylic acids is 1. The predicted octanol–water partition coefficient (Wildman–Crippen LogP) is 2.65. The van der Waals surface area contributed by atoms with Crippen LogP contribution in [0.25, 0.3) is 0 Å². The number of Topliss-reactive ketones (excluding diaryl/α,β-unsaturated/α-hetero) is 1. The average molecular weight is 564 g/mol. The molecule has 5 rings (SSSR count). The molecule has 1 N–H and O–H groups in total. The molecular formula is C28H21NO10S. The van der Waals surface area contributed by atoms with E-state index in [9.17, 15) is 27.6 Å². The fourth-order valence-electron chi connectivity index (χ4n) is 4.53. The molecule has 2 aliphatic rings. The third-order valence-electron chi connectivity index (χ3n) is 6.34. The van der Waals surface area contributed by atoms with Crippen LogP contribution in [-0.4, -0.2) is 54.1 Å². The zero-order valence-electron chi connectivity index (χ0n) is 20.7. The number of benzene rings is 3. The molecule has 2 heterocycles. The zero-order chi connectivity index (χ0) is 28.7. The first-order valence-corrected chi connectivity index (χ1v) is 13.3. The van der Waals surface area contributed by atoms with Gasteiger partial charge in [-0.3, -0.25) is 9.59 Å². The highest BCUT2D eigenvalue weighted by atomic mass is 32.2. The summed E-state index contributed by atoms with van der Waals surface area (Å²) in [6.07, 6.45) is 0.0656. The number of carboxylic acid groups (broad SMARTS) is 1. The number of rotatable bonds is 9. The number of carbonyl (C=O) groups is 4. The van der Waals surface area contributed by atoms with Crippen LogP contribution in [0, 0.1) is 0 Å². The van der Waals surface area contributed by atoms with Crippen LogP contribution < -0.4 is 9.47 Å². The van der Waals surface area contributed by atoms with Gasteiger partial charge in [-0.05, 0) is 6.07 Å². The fraction of sp³-hybridized carbons (Fsp3) is 0.143. The van der Waals surface area contributed by atoms with E-state index in [1.54, 1.807) is 48.5 Å². The maximum Gasteiger partial charge on any atom is 0.372 e. The summed E-state index contributed by atoms with van der Waals surface area (Å²) in [6.45, 7) is 3.02. The molecule has 0 spiro atoms. The molecule has 0 unspecified atom stereocenters. The SMILES string of the molecule is C=CCOC(=O)[C@H](CC(=O)C(=O)O)N1C(=O)c2cc3c(cc2S1(=O)=O)OC(c1ccccc1)(c1ccccc1)O3.